The predicted molar refractivity (Wildman–Crippen MR) is 88.5 cm³/mol. The Morgan fingerprint density at radius 1 is 1.36 bits per heavy atom. The van der Waals surface area contributed by atoms with Crippen LogP contribution in [0.25, 0.3) is 0 Å². The van der Waals surface area contributed by atoms with Gasteiger partial charge in [-0.15, -0.1) is 0 Å². The Morgan fingerprint density at radius 3 is 2.64 bits per heavy atom. The Bertz CT molecular complexity index is 807. The number of ether oxygens (including phenoxy) is 1. The van der Waals surface area contributed by atoms with E-state index in [2.05, 4.69) is 10.5 Å². The summed E-state index contributed by atoms with van der Waals surface area (Å²) in [6.07, 6.45) is -0.271. The summed E-state index contributed by atoms with van der Waals surface area (Å²) in [5.74, 6) is -1.47. The number of aliphatic hydroxyl groups excluding tert-OH is 1. The summed E-state index contributed by atoms with van der Waals surface area (Å²) >= 11 is 0. The first-order valence-electron chi connectivity index (χ1n) is 7.05. The number of benzene rings is 2. The zero-order valence-corrected chi connectivity index (χ0v) is 13.1. The third-order valence-corrected chi connectivity index (χ3v) is 3.25. The van der Waals surface area contributed by atoms with Gasteiger partial charge in [0.05, 0.1) is 18.2 Å². The van der Waals surface area contributed by atoms with Gasteiger partial charge < -0.3 is 14.9 Å². The minimum atomic E-state index is -1.40. The molecule has 0 unspecified atom stereocenters. The maximum Gasteiger partial charge on any atom is 0.315 e. The van der Waals surface area contributed by atoms with E-state index >= 15 is 0 Å². The van der Waals surface area contributed by atoms with Crippen LogP contribution in [0.3, 0.4) is 0 Å². The molecule has 3 N–H and O–H groups in total. The molecule has 0 aliphatic heterocycles. The van der Waals surface area contributed by atoms with E-state index in [4.69, 9.17) is 4.74 Å². The highest BCUT2D eigenvalue weighted by Gasteiger charge is 2.19. The largest absolute Gasteiger partial charge is 0.500 e. The smallest absolute Gasteiger partial charge is 0.315 e. The van der Waals surface area contributed by atoms with E-state index in [9.17, 15) is 25.1 Å². The third-order valence-electron chi connectivity index (χ3n) is 3.25. The number of rotatable bonds is 6. The van der Waals surface area contributed by atoms with Crippen LogP contribution in [0.1, 0.15) is 17.2 Å². The predicted octanol–water partition coefficient (Wildman–Crippen LogP) is 1.49. The minimum absolute atomic E-state index is 0.105. The lowest BCUT2D eigenvalue weighted by atomic mass is 10.1. The fourth-order valence-electron chi connectivity index (χ4n) is 2.00. The Morgan fingerprint density at radius 2 is 2.04 bits per heavy atom. The highest BCUT2D eigenvalue weighted by molar-refractivity contribution is 5.86. The molecule has 9 nitrogen and oxygen atoms in total. The zero-order chi connectivity index (χ0) is 18.4. The van der Waals surface area contributed by atoms with Crippen molar-refractivity contribution in [1.82, 2.24) is 5.43 Å². The van der Waals surface area contributed by atoms with Crippen LogP contribution in [0, 0.1) is 10.1 Å². The van der Waals surface area contributed by atoms with Gasteiger partial charge in [-0.05, 0) is 11.6 Å². The topological polar surface area (TPSA) is 134 Å². The number of aliphatic hydroxyl groups is 1. The molecule has 0 fully saturated rings. The number of phenolic OH excluding ortho intramolecular Hbond substituents is 1. The van der Waals surface area contributed by atoms with E-state index < -0.39 is 28.4 Å². The highest BCUT2D eigenvalue weighted by Crippen LogP contribution is 2.36. The molecular formula is C16H15N3O6. The lowest BCUT2D eigenvalue weighted by molar-refractivity contribution is -0.386. The second kappa shape index (κ2) is 7.88. The molecule has 0 aromatic heterocycles. The summed E-state index contributed by atoms with van der Waals surface area (Å²) in [5.41, 5.74) is 2.20. The summed E-state index contributed by atoms with van der Waals surface area (Å²) in [7, 11) is 1.25. The van der Waals surface area contributed by atoms with Crippen LogP contribution in [-0.2, 0) is 4.79 Å². The third kappa shape index (κ3) is 4.30. The van der Waals surface area contributed by atoms with E-state index in [1.165, 1.54) is 13.2 Å². The van der Waals surface area contributed by atoms with Crippen LogP contribution in [0.2, 0.25) is 0 Å². The number of phenols is 1. The number of nitrogens with one attached hydrogen (secondary N) is 1. The van der Waals surface area contributed by atoms with Crippen molar-refractivity contribution < 1.29 is 24.7 Å². The molecule has 1 amide bonds. The van der Waals surface area contributed by atoms with Crippen molar-refractivity contribution in [2.45, 2.75) is 6.10 Å². The molecule has 2 aromatic rings. The molecule has 0 radical (unpaired) electrons. The molecule has 0 aliphatic carbocycles. The van der Waals surface area contributed by atoms with Crippen LogP contribution in [0.15, 0.2) is 47.6 Å². The fourth-order valence-corrected chi connectivity index (χ4v) is 2.00. The number of amides is 1. The molecule has 0 aliphatic rings. The lowest BCUT2D eigenvalue weighted by Crippen LogP contribution is -2.25. The summed E-state index contributed by atoms with van der Waals surface area (Å²) in [5, 5.41) is 34.1. The molecule has 25 heavy (non-hydrogen) atoms. The average molecular weight is 345 g/mol. The number of methoxy groups -OCH3 is 1. The molecular weight excluding hydrogens is 330 g/mol. The molecule has 2 aromatic carbocycles. The van der Waals surface area contributed by atoms with E-state index in [-0.39, 0.29) is 11.3 Å². The maximum absolute atomic E-state index is 11.8. The van der Waals surface area contributed by atoms with Crippen molar-refractivity contribution in [2.24, 2.45) is 5.10 Å². The van der Waals surface area contributed by atoms with Gasteiger partial charge in [0.2, 0.25) is 5.75 Å². The Labute approximate surface area is 142 Å². The first kappa shape index (κ1) is 17.9. The standard InChI is InChI=1S/C16H15N3O6/c1-25-13-8-10(7-12(15(13)21)19(23)24)9-17-18-16(22)14(20)11-5-3-2-4-6-11/h2-9,14,20-21H,1H3,(H,18,22)/b17-9+/t14-/m0/s1. The first-order chi connectivity index (χ1) is 11.9. The normalized spacial score (nSPS) is 11.9. The van der Waals surface area contributed by atoms with Crippen molar-refractivity contribution in [1.29, 1.82) is 0 Å². The van der Waals surface area contributed by atoms with Gasteiger partial charge in [0.15, 0.2) is 11.9 Å². The number of aromatic hydroxyl groups is 1. The van der Waals surface area contributed by atoms with Crippen molar-refractivity contribution >= 4 is 17.8 Å². The average Bonchev–Trinajstić information content (AvgIpc) is 2.62. The number of nitrogens with zero attached hydrogens (tertiary/aromatic N) is 2. The SMILES string of the molecule is COc1cc(/C=N/NC(=O)[C@@H](O)c2ccccc2)cc([N+](=O)[O-])c1O. The van der Waals surface area contributed by atoms with Crippen molar-refractivity contribution in [3.8, 4) is 11.5 Å². The van der Waals surface area contributed by atoms with E-state index in [1.807, 2.05) is 0 Å². The summed E-state index contributed by atoms with van der Waals surface area (Å²) in [4.78, 5) is 22.0. The number of carbonyl (C=O) groups excluding carboxylic acids is 1. The number of nitro benzene ring substituents is 1. The van der Waals surface area contributed by atoms with Crippen molar-refractivity contribution in [3.05, 3.63) is 63.7 Å². The van der Waals surface area contributed by atoms with E-state index in [0.29, 0.717) is 5.56 Å². The molecule has 0 spiro atoms. The molecule has 2 rings (SSSR count). The van der Waals surface area contributed by atoms with Crippen LogP contribution < -0.4 is 10.2 Å². The Balaban J connectivity index is 2.13. The molecule has 0 saturated heterocycles. The van der Waals surface area contributed by atoms with Gasteiger partial charge in [-0.3, -0.25) is 14.9 Å². The number of hydrogen-bond acceptors (Lipinski definition) is 7. The molecule has 0 saturated carbocycles. The number of hydrazone groups is 1. The second-order valence-corrected chi connectivity index (χ2v) is 4.90. The van der Waals surface area contributed by atoms with Gasteiger partial charge in [-0.2, -0.15) is 5.10 Å². The van der Waals surface area contributed by atoms with Crippen LogP contribution in [-0.4, -0.2) is 34.4 Å². The molecule has 0 heterocycles. The van der Waals surface area contributed by atoms with Crippen molar-refractivity contribution in [3.63, 3.8) is 0 Å². The Kier molecular flexibility index (Phi) is 5.64. The van der Waals surface area contributed by atoms with Gasteiger partial charge in [0.1, 0.15) is 0 Å². The summed E-state index contributed by atoms with van der Waals surface area (Å²) in [6.45, 7) is 0. The van der Waals surface area contributed by atoms with Gasteiger partial charge in [-0.1, -0.05) is 30.3 Å². The van der Waals surface area contributed by atoms with Gasteiger partial charge in [0.25, 0.3) is 5.91 Å². The molecule has 9 heteroatoms. The lowest BCUT2D eigenvalue weighted by Gasteiger charge is -2.08. The first-order valence-corrected chi connectivity index (χ1v) is 7.05. The number of carbonyl (C=O) groups is 1. The molecule has 0 bridgehead atoms. The molecule has 130 valence electrons. The quantitative estimate of drug-likeness (QED) is 0.412. The maximum atomic E-state index is 11.8. The number of hydrogen-bond donors (Lipinski definition) is 3. The monoisotopic (exact) mass is 345 g/mol. The van der Waals surface area contributed by atoms with Crippen LogP contribution >= 0.6 is 0 Å². The van der Waals surface area contributed by atoms with Crippen LogP contribution in [0.4, 0.5) is 5.69 Å². The van der Waals surface area contributed by atoms with E-state index in [1.54, 1.807) is 30.3 Å². The van der Waals surface area contributed by atoms with Crippen LogP contribution in [0.5, 0.6) is 11.5 Å². The van der Waals surface area contributed by atoms with Gasteiger partial charge in [-0.25, -0.2) is 5.43 Å². The minimum Gasteiger partial charge on any atom is -0.500 e. The molecule has 1 atom stereocenters. The summed E-state index contributed by atoms with van der Waals surface area (Å²) < 4.78 is 4.86. The number of nitro groups is 1. The summed E-state index contributed by atoms with van der Waals surface area (Å²) in [6, 6.07) is 10.7. The van der Waals surface area contributed by atoms with Crippen molar-refractivity contribution in [2.75, 3.05) is 7.11 Å². The van der Waals surface area contributed by atoms with E-state index in [0.717, 1.165) is 12.3 Å². The second-order valence-electron chi connectivity index (χ2n) is 4.90. The fraction of sp³-hybridized carbons (Fsp3) is 0.125. The van der Waals surface area contributed by atoms with Gasteiger partial charge in [0, 0.05) is 11.6 Å². The zero-order valence-electron chi connectivity index (χ0n) is 13.1. The Hall–Kier alpha value is -3.46. The van der Waals surface area contributed by atoms with Gasteiger partial charge >= 0.3 is 5.69 Å². The highest BCUT2D eigenvalue weighted by atomic mass is 16.6.